The summed E-state index contributed by atoms with van der Waals surface area (Å²) in [4.78, 5) is 38.2. The lowest BCUT2D eigenvalue weighted by Crippen LogP contribution is -2.47. The highest BCUT2D eigenvalue weighted by molar-refractivity contribution is 5.96. The second-order valence-corrected chi connectivity index (χ2v) is 9.92. The number of nitrogens with zero attached hydrogens (tertiary/aromatic N) is 3. The van der Waals surface area contributed by atoms with Crippen molar-refractivity contribution < 1.29 is 33.3 Å². The number of aromatic nitrogens is 2. The fraction of sp³-hybridized carbons (Fsp3) is 0.400. The van der Waals surface area contributed by atoms with Crippen LogP contribution in [0.4, 0.5) is 0 Å². The Bertz CT molecular complexity index is 1350. The molecule has 0 spiro atoms. The normalized spacial score (nSPS) is 15.1. The smallest absolute Gasteiger partial charge is 0.275 e. The third kappa shape index (κ3) is 6.13. The van der Waals surface area contributed by atoms with E-state index >= 15 is 0 Å². The van der Waals surface area contributed by atoms with Gasteiger partial charge in [0.15, 0.2) is 23.0 Å². The van der Waals surface area contributed by atoms with Gasteiger partial charge in [0.1, 0.15) is 11.7 Å². The van der Waals surface area contributed by atoms with E-state index in [0.717, 1.165) is 37.7 Å². The molecule has 1 aliphatic carbocycles. The molecule has 1 N–H and O–H groups in total. The van der Waals surface area contributed by atoms with Crippen LogP contribution in [0.3, 0.4) is 0 Å². The fourth-order valence-electron chi connectivity index (χ4n) is 5.33. The summed E-state index contributed by atoms with van der Waals surface area (Å²) >= 11 is 0. The number of amides is 2. The Kier molecular flexibility index (Phi) is 8.71. The zero-order valence-electron chi connectivity index (χ0n) is 23.4. The maximum absolute atomic E-state index is 14.2. The third-order valence-electron chi connectivity index (χ3n) is 7.35. The molecule has 2 aliphatic rings. The summed E-state index contributed by atoms with van der Waals surface area (Å²) in [7, 11) is 4.53. The molecule has 11 nitrogen and oxygen atoms in total. The van der Waals surface area contributed by atoms with Gasteiger partial charge in [0.05, 0.1) is 27.5 Å². The van der Waals surface area contributed by atoms with Crippen LogP contribution in [0, 0.1) is 0 Å². The first-order valence-electron chi connectivity index (χ1n) is 13.6. The molecular weight excluding hydrogens is 528 g/mol. The lowest BCUT2D eigenvalue weighted by atomic mass is 9.94. The van der Waals surface area contributed by atoms with Crippen molar-refractivity contribution in [2.45, 2.75) is 50.7 Å². The third-order valence-corrected chi connectivity index (χ3v) is 7.35. The highest BCUT2D eigenvalue weighted by atomic mass is 16.7. The van der Waals surface area contributed by atoms with Crippen LogP contribution < -0.4 is 29.0 Å². The van der Waals surface area contributed by atoms with Crippen LogP contribution in [0.25, 0.3) is 0 Å². The highest BCUT2D eigenvalue weighted by Gasteiger charge is 2.36. The zero-order chi connectivity index (χ0) is 28.8. The number of nitrogens with one attached hydrogen (secondary N) is 1. The standard InChI is InChI=1S/C30H34N4O7/c1-37-25-14-20(15-26(38-2)28(25)39-3)27(29(35)33-21-7-5-4-6-8-21)34(30(36)22-16-31-11-12-32-22)17-19-9-10-23-24(13-19)41-18-40-23/h9-16,21,27H,4-8,17-18H2,1-3H3,(H,33,35)/t27-/m1/s1. The maximum Gasteiger partial charge on any atom is 0.275 e. The Morgan fingerprint density at radius 2 is 1.71 bits per heavy atom. The van der Waals surface area contributed by atoms with E-state index in [4.69, 9.17) is 23.7 Å². The second kappa shape index (κ2) is 12.8. The Balaban J connectivity index is 1.62. The molecule has 216 valence electrons. The highest BCUT2D eigenvalue weighted by Crippen LogP contribution is 2.42. The summed E-state index contributed by atoms with van der Waals surface area (Å²) in [5.74, 6) is 1.53. The van der Waals surface area contributed by atoms with E-state index in [1.54, 1.807) is 18.2 Å². The molecule has 2 aromatic carbocycles. The van der Waals surface area contributed by atoms with Gasteiger partial charge >= 0.3 is 0 Å². The summed E-state index contributed by atoms with van der Waals surface area (Å²) < 4.78 is 27.7. The average molecular weight is 563 g/mol. The maximum atomic E-state index is 14.2. The quantitative estimate of drug-likeness (QED) is 0.390. The number of hydrogen-bond donors (Lipinski definition) is 1. The van der Waals surface area contributed by atoms with Crippen LogP contribution >= 0.6 is 0 Å². The number of benzene rings is 2. The molecule has 1 aliphatic heterocycles. The van der Waals surface area contributed by atoms with Gasteiger partial charge in [-0.1, -0.05) is 25.3 Å². The van der Waals surface area contributed by atoms with Gasteiger partial charge in [-0.25, -0.2) is 4.98 Å². The van der Waals surface area contributed by atoms with E-state index in [2.05, 4.69) is 15.3 Å². The van der Waals surface area contributed by atoms with Gasteiger partial charge < -0.3 is 33.9 Å². The van der Waals surface area contributed by atoms with Gasteiger partial charge in [-0.2, -0.15) is 0 Å². The van der Waals surface area contributed by atoms with Crippen LogP contribution in [0.15, 0.2) is 48.9 Å². The summed E-state index contributed by atoms with van der Waals surface area (Å²) in [6.45, 7) is 0.199. The zero-order valence-corrected chi connectivity index (χ0v) is 23.4. The van der Waals surface area contributed by atoms with Gasteiger partial charge in [-0.3, -0.25) is 14.6 Å². The molecule has 11 heteroatoms. The van der Waals surface area contributed by atoms with E-state index in [0.29, 0.717) is 34.3 Å². The van der Waals surface area contributed by atoms with E-state index in [1.165, 1.54) is 44.8 Å². The van der Waals surface area contributed by atoms with Crippen LogP contribution in [0.1, 0.15) is 59.8 Å². The number of rotatable bonds is 10. The number of ether oxygens (including phenoxy) is 5. The first kappa shape index (κ1) is 28.0. The minimum absolute atomic E-state index is 0.0137. The van der Waals surface area contributed by atoms with Crippen LogP contribution in [-0.2, 0) is 11.3 Å². The Morgan fingerprint density at radius 3 is 2.37 bits per heavy atom. The molecule has 2 amide bonds. The molecule has 5 rings (SSSR count). The molecule has 0 saturated heterocycles. The van der Waals surface area contributed by atoms with Crippen molar-refractivity contribution in [3.05, 3.63) is 65.7 Å². The number of methoxy groups -OCH3 is 3. The predicted molar refractivity (Wildman–Crippen MR) is 148 cm³/mol. The molecule has 41 heavy (non-hydrogen) atoms. The molecule has 1 fully saturated rings. The Labute approximate surface area is 238 Å². The molecule has 2 heterocycles. The number of carbonyl (C=O) groups is 2. The summed E-state index contributed by atoms with van der Waals surface area (Å²) in [5.41, 5.74) is 1.34. The molecule has 0 radical (unpaired) electrons. The van der Waals surface area contributed by atoms with Gasteiger partial charge in [-0.05, 0) is 48.2 Å². The first-order valence-corrected chi connectivity index (χ1v) is 13.6. The largest absolute Gasteiger partial charge is 0.493 e. The van der Waals surface area contributed by atoms with Gasteiger partial charge in [-0.15, -0.1) is 0 Å². The van der Waals surface area contributed by atoms with Gasteiger partial charge in [0, 0.05) is 25.0 Å². The predicted octanol–water partition coefficient (Wildman–Crippen LogP) is 4.06. The summed E-state index contributed by atoms with van der Waals surface area (Å²) in [6.07, 6.45) is 9.32. The molecule has 3 aromatic rings. The van der Waals surface area contributed by atoms with Crippen LogP contribution in [0.2, 0.25) is 0 Å². The summed E-state index contributed by atoms with van der Waals surface area (Å²) in [6, 6.07) is 7.79. The van der Waals surface area contributed by atoms with E-state index in [9.17, 15) is 9.59 Å². The summed E-state index contributed by atoms with van der Waals surface area (Å²) in [5, 5.41) is 3.21. The monoisotopic (exact) mass is 562 g/mol. The van der Waals surface area contributed by atoms with Crippen molar-refractivity contribution in [1.29, 1.82) is 0 Å². The van der Waals surface area contributed by atoms with Crippen molar-refractivity contribution >= 4 is 11.8 Å². The lowest BCUT2D eigenvalue weighted by Gasteiger charge is -2.33. The van der Waals surface area contributed by atoms with Crippen molar-refractivity contribution in [2.24, 2.45) is 0 Å². The van der Waals surface area contributed by atoms with Gasteiger partial charge in [0.25, 0.3) is 5.91 Å². The Hall–Kier alpha value is -4.54. The molecule has 1 aromatic heterocycles. The molecule has 0 bridgehead atoms. The van der Waals surface area contributed by atoms with Gasteiger partial charge in [0.2, 0.25) is 18.4 Å². The first-order chi connectivity index (χ1) is 20.0. The topological polar surface area (TPSA) is 121 Å². The van der Waals surface area contributed by atoms with E-state index in [-0.39, 0.29) is 31.0 Å². The second-order valence-electron chi connectivity index (χ2n) is 9.92. The van der Waals surface area contributed by atoms with Crippen molar-refractivity contribution in [1.82, 2.24) is 20.2 Å². The Morgan fingerprint density at radius 1 is 0.976 bits per heavy atom. The average Bonchev–Trinajstić information content (AvgIpc) is 3.49. The molecular formula is C30H34N4O7. The van der Waals surface area contributed by atoms with E-state index < -0.39 is 11.9 Å². The lowest BCUT2D eigenvalue weighted by molar-refractivity contribution is -0.127. The van der Waals surface area contributed by atoms with Crippen molar-refractivity contribution in [2.75, 3.05) is 28.1 Å². The van der Waals surface area contributed by atoms with E-state index in [1.807, 2.05) is 12.1 Å². The van der Waals surface area contributed by atoms with Crippen LogP contribution in [-0.4, -0.2) is 60.8 Å². The number of carbonyl (C=O) groups excluding carboxylic acids is 2. The minimum atomic E-state index is -1.06. The SMILES string of the molecule is COc1cc([C@H](C(=O)NC2CCCCC2)N(Cc2ccc3c(c2)OCO3)C(=O)c2cnccn2)cc(OC)c1OC. The number of hydrogen-bond acceptors (Lipinski definition) is 9. The fourth-order valence-corrected chi connectivity index (χ4v) is 5.33. The number of fused-ring (bicyclic) bond motifs is 1. The van der Waals surface area contributed by atoms with Crippen molar-refractivity contribution in [3.63, 3.8) is 0 Å². The molecule has 1 saturated carbocycles. The molecule has 0 unspecified atom stereocenters. The van der Waals surface area contributed by atoms with Crippen molar-refractivity contribution in [3.8, 4) is 28.7 Å². The minimum Gasteiger partial charge on any atom is -0.493 e. The van der Waals surface area contributed by atoms with Crippen LogP contribution in [0.5, 0.6) is 28.7 Å². The molecule has 1 atom stereocenters.